The van der Waals surface area contributed by atoms with Gasteiger partial charge in [-0.25, -0.2) is 4.98 Å². The minimum Gasteiger partial charge on any atom is -0.351 e. The Labute approximate surface area is 166 Å². The zero-order valence-corrected chi connectivity index (χ0v) is 16.1. The smallest absolute Gasteiger partial charge is 0.272 e. The third-order valence-corrected chi connectivity index (χ3v) is 4.81. The molecule has 140 valence electrons. The number of nitrogens with zero attached hydrogens (tertiary/aromatic N) is 2. The monoisotopic (exact) mass is 404 g/mol. The van der Waals surface area contributed by atoms with Crippen molar-refractivity contribution in [1.29, 1.82) is 0 Å². The highest BCUT2D eigenvalue weighted by molar-refractivity contribution is 6.44. The molecule has 6 nitrogen and oxygen atoms in total. The average Bonchev–Trinajstić information content (AvgIpc) is 3.01. The fourth-order valence-corrected chi connectivity index (χ4v) is 3.00. The molecule has 2 aromatic heterocycles. The van der Waals surface area contributed by atoms with Gasteiger partial charge < -0.3 is 10.6 Å². The van der Waals surface area contributed by atoms with Gasteiger partial charge in [-0.3, -0.25) is 14.0 Å². The van der Waals surface area contributed by atoms with Crippen LogP contribution in [0.2, 0.25) is 10.0 Å². The SMILES string of the molecule is CCCCNC(=O)c1c(NC(=O)c2cccc(Cl)c2Cl)nc2ccccn12. The fraction of sp³-hybridized carbons (Fsp3) is 0.211. The first-order chi connectivity index (χ1) is 13.0. The van der Waals surface area contributed by atoms with E-state index < -0.39 is 5.91 Å². The second-order valence-corrected chi connectivity index (χ2v) is 6.69. The molecule has 1 aromatic carbocycles. The van der Waals surface area contributed by atoms with Gasteiger partial charge in [-0.2, -0.15) is 0 Å². The van der Waals surface area contributed by atoms with Crippen LogP contribution in [0.5, 0.6) is 0 Å². The molecule has 0 atom stereocenters. The third-order valence-electron chi connectivity index (χ3n) is 3.99. The number of hydrogen-bond acceptors (Lipinski definition) is 3. The molecule has 0 bridgehead atoms. The van der Waals surface area contributed by atoms with Crippen LogP contribution in [0.1, 0.15) is 40.6 Å². The van der Waals surface area contributed by atoms with Crippen LogP contribution in [0.25, 0.3) is 5.65 Å². The van der Waals surface area contributed by atoms with Crippen molar-refractivity contribution in [3.05, 3.63) is 63.9 Å². The van der Waals surface area contributed by atoms with E-state index in [2.05, 4.69) is 15.6 Å². The molecule has 2 amide bonds. The van der Waals surface area contributed by atoms with Crippen LogP contribution in [-0.2, 0) is 0 Å². The lowest BCUT2D eigenvalue weighted by Crippen LogP contribution is -2.27. The molecule has 2 heterocycles. The van der Waals surface area contributed by atoms with E-state index in [0.29, 0.717) is 12.2 Å². The van der Waals surface area contributed by atoms with Gasteiger partial charge in [0.05, 0.1) is 15.6 Å². The summed E-state index contributed by atoms with van der Waals surface area (Å²) in [6.07, 6.45) is 3.55. The minimum atomic E-state index is -0.492. The molecular formula is C19H18Cl2N4O2. The van der Waals surface area contributed by atoms with Gasteiger partial charge in [0.1, 0.15) is 5.65 Å². The molecule has 8 heteroatoms. The molecule has 0 saturated heterocycles. The van der Waals surface area contributed by atoms with E-state index in [-0.39, 0.29) is 33.0 Å². The van der Waals surface area contributed by atoms with Gasteiger partial charge in [-0.15, -0.1) is 0 Å². The second-order valence-electron chi connectivity index (χ2n) is 5.90. The maximum atomic E-state index is 12.7. The van der Waals surface area contributed by atoms with Gasteiger partial charge in [0.25, 0.3) is 11.8 Å². The highest BCUT2D eigenvalue weighted by Crippen LogP contribution is 2.27. The van der Waals surface area contributed by atoms with E-state index in [0.717, 1.165) is 12.8 Å². The lowest BCUT2D eigenvalue weighted by Gasteiger charge is -2.09. The van der Waals surface area contributed by atoms with Crippen molar-refractivity contribution in [1.82, 2.24) is 14.7 Å². The predicted octanol–water partition coefficient (Wildman–Crippen LogP) is 4.42. The molecule has 3 aromatic rings. The summed E-state index contributed by atoms with van der Waals surface area (Å²) in [5, 5.41) is 5.96. The Morgan fingerprint density at radius 2 is 1.93 bits per heavy atom. The van der Waals surface area contributed by atoms with Crippen molar-refractivity contribution in [2.45, 2.75) is 19.8 Å². The molecule has 0 aliphatic heterocycles. The Kier molecular flexibility index (Phi) is 5.98. The van der Waals surface area contributed by atoms with Gasteiger partial charge >= 0.3 is 0 Å². The second kappa shape index (κ2) is 8.41. The molecule has 0 aliphatic rings. The first-order valence-electron chi connectivity index (χ1n) is 8.53. The average molecular weight is 405 g/mol. The zero-order valence-electron chi connectivity index (χ0n) is 14.6. The van der Waals surface area contributed by atoms with Crippen LogP contribution < -0.4 is 10.6 Å². The molecule has 0 radical (unpaired) electrons. The summed E-state index contributed by atoms with van der Waals surface area (Å²) in [7, 11) is 0. The Balaban J connectivity index is 1.96. The lowest BCUT2D eigenvalue weighted by molar-refractivity contribution is 0.0948. The molecule has 0 fully saturated rings. The number of fused-ring (bicyclic) bond motifs is 1. The summed E-state index contributed by atoms with van der Waals surface area (Å²) in [5.41, 5.74) is 1.01. The topological polar surface area (TPSA) is 75.5 Å². The normalized spacial score (nSPS) is 10.8. The maximum Gasteiger partial charge on any atom is 0.272 e. The number of halogens is 2. The highest BCUT2D eigenvalue weighted by atomic mass is 35.5. The number of unbranched alkanes of at least 4 members (excludes halogenated alkanes) is 1. The number of nitrogens with one attached hydrogen (secondary N) is 2. The lowest BCUT2D eigenvalue weighted by atomic mass is 10.2. The van der Waals surface area contributed by atoms with Crippen molar-refractivity contribution < 1.29 is 9.59 Å². The quantitative estimate of drug-likeness (QED) is 0.596. The van der Waals surface area contributed by atoms with Crippen LogP contribution in [-0.4, -0.2) is 27.7 Å². The van der Waals surface area contributed by atoms with E-state index in [1.807, 2.05) is 6.92 Å². The van der Waals surface area contributed by atoms with E-state index in [1.165, 1.54) is 0 Å². The van der Waals surface area contributed by atoms with Crippen molar-refractivity contribution in [2.24, 2.45) is 0 Å². The van der Waals surface area contributed by atoms with Gasteiger partial charge in [-0.05, 0) is 30.7 Å². The largest absolute Gasteiger partial charge is 0.351 e. The van der Waals surface area contributed by atoms with Crippen molar-refractivity contribution in [2.75, 3.05) is 11.9 Å². The number of pyridine rings is 1. The first kappa shape index (κ1) is 19.2. The number of carbonyl (C=O) groups is 2. The molecule has 2 N–H and O–H groups in total. The van der Waals surface area contributed by atoms with Gasteiger partial charge in [0.2, 0.25) is 0 Å². The number of hydrogen-bond donors (Lipinski definition) is 2. The third kappa shape index (κ3) is 4.07. The molecule has 0 saturated carbocycles. The fourth-order valence-electron chi connectivity index (χ4n) is 2.62. The standard InChI is InChI=1S/C19H18Cl2N4O2/c1-2-3-10-22-19(27)16-17(23-14-9-4-5-11-25(14)16)24-18(26)12-7-6-8-13(20)15(12)21/h4-9,11H,2-3,10H2,1H3,(H,22,27)(H,24,26). The number of benzene rings is 1. The van der Waals surface area contributed by atoms with Crippen LogP contribution >= 0.6 is 23.2 Å². The van der Waals surface area contributed by atoms with Crippen LogP contribution in [0.4, 0.5) is 5.82 Å². The Morgan fingerprint density at radius 3 is 2.70 bits per heavy atom. The highest BCUT2D eigenvalue weighted by Gasteiger charge is 2.22. The minimum absolute atomic E-state index is 0.148. The van der Waals surface area contributed by atoms with Crippen LogP contribution in [0.15, 0.2) is 42.6 Å². The summed E-state index contributed by atoms with van der Waals surface area (Å²) in [5.74, 6) is -0.639. The van der Waals surface area contributed by atoms with E-state index in [4.69, 9.17) is 23.2 Å². The molecule has 27 heavy (non-hydrogen) atoms. The number of aromatic nitrogens is 2. The molecule has 0 aliphatic carbocycles. The first-order valence-corrected chi connectivity index (χ1v) is 9.29. The number of anilines is 1. The van der Waals surface area contributed by atoms with Gasteiger partial charge in [-0.1, -0.05) is 48.7 Å². The molecule has 3 rings (SSSR count). The summed E-state index contributed by atoms with van der Waals surface area (Å²) >= 11 is 12.1. The van der Waals surface area contributed by atoms with Crippen molar-refractivity contribution in [3.8, 4) is 0 Å². The van der Waals surface area contributed by atoms with Crippen LogP contribution in [0.3, 0.4) is 0 Å². The Hall–Kier alpha value is -2.57. The number of amides is 2. The number of imidazole rings is 1. The zero-order chi connectivity index (χ0) is 19.4. The summed E-state index contributed by atoms with van der Waals surface area (Å²) < 4.78 is 1.64. The van der Waals surface area contributed by atoms with E-state index >= 15 is 0 Å². The van der Waals surface area contributed by atoms with Crippen molar-refractivity contribution >= 4 is 46.5 Å². The maximum absolute atomic E-state index is 12.7. The predicted molar refractivity (Wildman–Crippen MR) is 107 cm³/mol. The molecule has 0 spiro atoms. The van der Waals surface area contributed by atoms with Gasteiger partial charge in [0, 0.05) is 12.7 Å². The number of carbonyl (C=O) groups excluding carboxylic acids is 2. The Morgan fingerprint density at radius 1 is 1.11 bits per heavy atom. The number of rotatable bonds is 6. The summed E-state index contributed by atoms with van der Waals surface area (Å²) in [6.45, 7) is 2.59. The van der Waals surface area contributed by atoms with E-state index in [9.17, 15) is 9.59 Å². The van der Waals surface area contributed by atoms with Crippen molar-refractivity contribution in [3.63, 3.8) is 0 Å². The molecular weight excluding hydrogens is 387 g/mol. The Bertz CT molecular complexity index is 1000. The summed E-state index contributed by atoms with van der Waals surface area (Å²) in [4.78, 5) is 29.7. The summed E-state index contributed by atoms with van der Waals surface area (Å²) in [6, 6.07) is 10.1. The van der Waals surface area contributed by atoms with Crippen LogP contribution in [0, 0.1) is 0 Å². The van der Waals surface area contributed by atoms with Gasteiger partial charge in [0.15, 0.2) is 11.5 Å². The molecule has 0 unspecified atom stereocenters. The van der Waals surface area contributed by atoms with E-state index in [1.54, 1.807) is 47.0 Å².